The molecule has 1 aromatic heterocycles. The number of aryl methyl sites for hydroxylation is 1. The molecule has 0 atom stereocenters. The molecule has 2 N–H and O–H groups in total. The molecule has 0 bridgehead atoms. The molecule has 0 radical (unpaired) electrons. The molecule has 4 nitrogen and oxygen atoms in total. The zero-order chi connectivity index (χ0) is 7.68. The van der Waals surface area contributed by atoms with Gasteiger partial charge in [0.1, 0.15) is 5.82 Å². The molecule has 1 saturated carbocycles. The molecule has 0 aromatic carbocycles. The number of nitrogens with zero attached hydrogens (tertiary/aromatic N) is 2. The Morgan fingerprint density at radius 1 is 1.55 bits per heavy atom. The smallest absolute Gasteiger partial charge is 0.242 e. The lowest BCUT2D eigenvalue weighted by Gasteiger charge is -2.25. The zero-order valence-electron chi connectivity index (χ0n) is 6.59. The van der Waals surface area contributed by atoms with E-state index in [0.29, 0.717) is 6.04 Å². The van der Waals surface area contributed by atoms with Crippen molar-refractivity contribution in [3.63, 3.8) is 0 Å². The molecular formula is C7H12N4. The van der Waals surface area contributed by atoms with Crippen LogP contribution < -0.4 is 5.32 Å². The fourth-order valence-corrected chi connectivity index (χ4v) is 1.14. The van der Waals surface area contributed by atoms with Crippen molar-refractivity contribution in [1.29, 1.82) is 0 Å². The fraction of sp³-hybridized carbons (Fsp3) is 0.714. The highest BCUT2D eigenvalue weighted by atomic mass is 15.3. The van der Waals surface area contributed by atoms with Crippen LogP contribution in [0.3, 0.4) is 0 Å². The monoisotopic (exact) mass is 152 g/mol. The van der Waals surface area contributed by atoms with Gasteiger partial charge in [-0.1, -0.05) is 0 Å². The van der Waals surface area contributed by atoms with Gasteiger partial charge in [-0.25, -0.2) is 0 Å². The molecule has 4 heteroatoms. The van der Waals surface area contributed by atoms with Crippen molar-refractivity contribution in [3.8, 4) is 0 Å². The van der Waals surface area contributed by atoms with Crippen LogP contribution in [0.15, 0.2) is 0 Å². The summed E-state index contributed by atoms with van der Waals surface area (Å²) in [5, 5.41) is 10.0. The van der Waals surface area contributed by atoms with Crippen molar-refractivity contribution in [2.75, 3.05) is 5.32 Å². The number of H-pyrrole nitrogens is 1. The van der Waals surface area contributed by atoms with Crippen molar-refractivity contribution >= 4 is 5.95 Å². The van der Waals surface area contributed by atoms with Crippen LogP contribution in [-0.2, 0) is 0 Å². The molecular weight excluding hydrogens is 140 g/mol. The van der Waals surface area contributed by atoms with Gasteiger partial charge >= 0.3 is 0 Å². The second-order valence-electron chi connectivity index (χ2n) is 3.02. The quantitative estimate of drug-likeness (QED) is 0.666. The van der Waals surface area contributed by atoms with Crippen LogP contribution in [0.25, 0.3) is 0 Å². The van der Waals surface area contributed by atoms with Gasteiger partial charge in [0, 0.05) is 6.04 Å². The lowest BCUT2D eigenvalue weighted by Crippen LogP contribution is -2.27. The van der Waals surface area contributed by atoms with Crippen LogP contribution in [0.5, 0.6) is 0 Å². The molecule has 1 heterocycles. The Kier molecular flexibility index (Phi) is 1.52. The van der Waals surface area contributed by atoms with Crippen LogP contribution in [0.4, 0.5) is 5.95 Å². The van der Waals surface area contributed by atoms with E-state index in [4.69, 9.17) is 0 Å². The first-order chi connectivity index (χ1) is 5.34. The number of aromatic nitrogens is 3. The van der Waals surface area contributed by atoms with Crippen molar-refractivity contribution in [1.82, 2.24) is 15.2 Å². The normalized spacial score (nSPS) is 17.9. The summed E-state index contributed by atoms with van der Waals surface area (Å²) in [6.45, 7) is 1.90. The molecule has 1 aliphatic rings. The topological polar surface area (TPSA) is 53.6 Å². The van der Waals surface area contributed by atoms with Crippen molar-refractivity contribution in [2.24, 2.45) is 0 Å². The van der Waals surface area contributed by atoms with E-state index < -0.39 is 0 Å². The van der Waals surface area contributed by atoms with Gasteiger partial charge in [0.2, 0.25) is 5.95 Å². The predicted molar refractivity (Wildman–Crippen MR) is 42.4 cm³/mol. The van der Waals surface area contributed by atoms with Crippen LogP contribution in [0.1, 0.15) is 25.1 Å². The van der Waals surface area contributed by atoms with Gasteiger partial charge in [-0.2, -0.15) is 4.98 Å². The van der Waals surface area contributed by atoms with E-state index in [1.54, 1.807) is 0 Å². The van der Waals surface area contributed by atoms with E-state index in [9.17, 15) is 0 Å². The Labute approximate surface area is 65.4 Å². The Hall–Kier alpha value is -1.06. The molecule has 11 heavy (non-hydrogen) atoms. The van der Waals surface area contributed by atoms with E-state index in [1.165, 1.54) is 19.3 Å². The Bertz CT molecular complexity index is 238. The fourth-order valence-electron chi connectivity index (χ4n) is 1.14. The number of anilines is 1. The largest absolute Gasteiger partial charge is 0.350 e. The summed E-state index contributed by atoms with van der Waals surface area (Å²) in [4.78, 5) is 4.15. The summed E-state index contributed by atoms with van der Waals surface area (Å²) < 4.78 is 0. The maximum Gasteiger partial charge on any atom is 0.242 e. The molecule has 0 aliphatic heterocycles. The minimum atomic E-state index is 0.616. The number of hydrogen-bond acceptors (Lipinski definition) is 3. The second-order valence-corrected chi connectivity index (χ2v) is 3.02. The molecule has 2 rings (SSSR count). The van der Waals surface area contributed by atoms with Crippen LogP contribution in [-0.4, -0.2) is 21.2 Å². The molecule has 1 aliphatic carbocycles. The summed E-state index contributed by atoms with van der Waals surface area (Å²) in [5.74, 6) is 1.61. The highest BCUT2D eigenvalue weighted by molar-refractivity contribution is 5.25. The van der Waals surface area contributed by atoms with Crippen LogP contribution in [0.2, 0.25) is 0 Å². The molecule has 1 fully saturated rings. The third kappa shape index (κ3) is 1.34. The van der Waals surface area contributed by atoms with Gasteiger partial charge in [0.05, 0.1) is 0 Å². The molecule has 0 unspecified atom stereocenters. The van der Waals surface area contributed by atoms with Crippen molar-refractivity contribution < 1.29 is 0 Å². The molecule has 0 spiro atoms. The average molecular weight is 152 g/mol. The van der Waals surface area contributed by atoms with Gasteiger partial charge < -0.3 is 5.32 Å². The van der Waals surface area contributed by atoms with Crippen molar-refractivity contribution in [3.05, 3.63) is 5.82 Å². The average Bonchev–Trinajstić information content (AvgIpc) is 2.27. The summed E-state index contributed by atoms with van der Waals surface area (Å²) >= 11 is 0. The predicted octanol–water partition coefficient (Wildman–Crippen LogP) is 1.08. The van der Waals surface area contributed by atoms with Gasteiger partial charge in [-0.05, 0) is 26.2 Å². The van der Waals surface area contributed by atoms with Gasteiger partial charge in [0.15, 0.2) is 0 Å². The van der Waals surface area contributed by atoms with Crippen molar-refractivity contribution in [2.45, 2.75) is 32.2 Å². The first-order valence-electron chi connectivity index (χ1n) is 4.00. The van der Waals surface area contributed by atoms with E-state index >= 15 is 0 Å². The number of hydrogen-bond donors (Lipinski definition) is 2. The lowest BCUT2D eigenvalue weighted by molar-refractivity contribution is 0.443. The van der Waals surface area contributed by atoms with E-state index in [0.717, 1.165) is 11.8 Å². The Morgan fingerprint density at radius 3 is 2.82 bits per heavy atom. The number of aromatic amines is 1. The van der Waals surface area contributed by atoms with Crippen LogP contribution >= 0.6 is 0 Å². The molecule has 1 aromatic rings. The lowest BCUT2D eigenvalue weighted by atomic mass is 9.93. The molecule has 0 saturated heterocycles. The van der Waals surface area contributed by atoms with Gasteiger partial charge in [-0.15, -0.1) is 5.10 Å². The van der Waals surface area contributed by atoms with Gasteiger partial charge in [-0.3, -0.25) is 5.10 Å². The summed E-state index contributed by atoms with van der Waals surface area (Å²) in [7, 11) is 0. The SMILES string of the molecule is Cc1nc(NC2CCC2)n[nH]1. The minimum Gasteiger partial charge on any atom is -0.350 e. The van der Waals surface area contributed by atoms with Gasteiger partial charge in [0.25, 0.3) is 0 Å². The number of rotatable bonds is 2. The zero-order valence-corrected chi connectivity index (χ0v) is 6.59. The second kappa shape index (κ2) is 2.53. The summed E-state index contributed by atoms with van der Waals surface area (Å²) in [6, 6.07) is 0.616. The van der Waals surface area contributed by atoms with E-state index in [2.05, 4.69) is 20.5 Å². The summed E-state index contributed by atoms with van der Waals surface area (Å²) in [6.07, 6.45) is 3.85. The Morgan fingerprint density at radius 2 is 2.36 bits per heavy atom. The van der Waals surface area contributed by atoms with E-state index in [-0.39, 0.29) is 0 Å². The first kappa shape index (κ1) is 6.64. The van der Waals surface area contributed by atoms with E-state index in [1.807, 2.05) is 6.92 Å². The standard InChI is InChI=1S/C7H12N4/c1-5-8-7(11-10-5)9-6-3-2-4-6/h6H,2-4H2,1H3,(H2,8,9,10,11). The maximum atomic E-state index is 4.15. The maximum absolute atomic E-state index is 4.15. The first-order valence-corrected chi connectivity index (χ1v) is 4.00. The Balaban J connectivity index is 1.95. The highest BCUT2D eigenvalue weighted by Gasteiger charge is 2.17. The van der Waals surface area contributed by atoms with Crippen LogP contribution in [0, 0.1) is 6.92 Å². The molecule has 60 valence electrons. The summed E-state index contributed by atoms with van der Waals surface area (Å²) in [5.41, 5.74) is 0. The molecule has 0 amide bonds. The third-order valence-corrected chi connectivity index (χ3v) is 2.04. The third-order valence-electron chi connectivity index (χ3n) is 2.04. The minimum absolute atomic E-state index is 0.616. The highest BCUT2D eigenvalue weighted by Crippen LogP contribution is 2.21. The number of nitrogens with one attached hydrogen (secondary N) is 2.